The van der Waals surface area contributed by atoms with Gasteiger partial charge in [0.2, 0.25) is 5.91 Å². The second-order valence-electron chi connectivity index (χ2n) is 8.13. The van der Waals surface area contributed by atoms with Gasteiger partial charge in [-0.3, -0.25) is 9.59 Å². The molecule has 1 saturated carbocycles. The summed E-state index contributed by atoms with van der Waals surface area (Å²) in [4.78, 5) is 26.3. The van der Waals surface area contributed by atoms with Crippen molar-refractivity contribution in [2.75, 3.05) is 16.8 Å². The molecule has 0 aromatic heterocycles. The first-order valence-electron chi connectivity index (χ1n) is 10.7. The highest BCUT2D eigenvalue weighted by Crippen LogP contribution is 2.36. The Balaban J connectivity index is 1.41. The SMILES string of the molecule is O=C(CCC1CCCCC1)Nc1ccc2c(c1)OCC(=O)N2Cc1ccccc1F. The summed E-state index contributed by atoms with van der Waals surface area (Å²) in [6.45, 7) is 0.0233. The van der Waals surface area contributed by atoms with Crippen LogP contribution in [-0.4, -0.2) is 18.4 Å². The van der Waals surface area contributed by atoms with E-state index >= 15 is 0 Å². The monoisotopic (exact) mass is 410 g/mol. The third-order valence-corrected chi connectivity index (χ3v) is 5.98. The number of nitrogens with zero attached hydrogens (tertiary/aromatic N) is 1. The number of benzene rings is 2. The fraction of sp³-hybridized carbons (Fsp3) is 0.417. The Labute approximate surface area is 176 Å². The van der Waals surface area contributed by atoms with E-state index in [9.17, 15) is 14.0 Å². The number of carbonyl (C=O) groups is 2. The van der Waals surface area contributed by atoms with Gasteiger partial charge in [-0.15, -0.1) is 0 Å². The molecule has 0 atom stereocenters. The second kappa shape index (κ2) is 9.28. The number of nitrogens with one attached hydrogen (secondary N) is 1. The highest BCUT2D eigenvalue weighted by molar-refractivity contribution is 5.99. The third-order valence-electron chi connectivity index (χ3n) is 5.98. The summed E-state index contributed by atoms with van der Waals surface area (Å²) in [5, 5.41) is 2.93. The lowest BCUT2D eigenvalue weighted by molar-refractivity contribution is -0.121. The number of amides is 2. The van der Waals surface area contributed by atoms with Crippen molar-refractivity contribution >= 4 is 23.2 Å². The lowest BCUT2D eigenvalue weighted by atomic mass is 9.86. The van der Waals surface area contributed by atoms with Crippen LogP contribution in [0.15, 0.2) is 42.5 Å². The molecule has 0 spiro atoms. The van der Waals surface area contributed by atoms with E-state index in [1.165, 1.54) is 43.1 Å². The van der Waals surface area contributed by atoms with Crippen molar-refractivity contribution in [3.05, 3.63) is 53.8 Å². The number of carbonyl (C=O) groups excluding carboxylic acids is 2. The lowest BCUT2D eigenvalue weighted by Crippen LogP contribution is -2.38. The topological polar surface area (TPSA) is 58.6 Å². The van der Waals surface area contributed by atoms with Gasteiger partial charge < -0.3 is 15.0 Å². The smallest absolute Gasteiger partial charge is 0.265 e. The van der Waals surface area contributed by atoms with E-state index in [-0.39, 0.29) is 30.8 Å². The van der Waals surface area contributed by atoms with Gasteiger partial charge in [0.25, 0.3) is 5.91 Å². The van der Waals surface area contributed by atoms with Crippen LogP contribution in [0, 0.1) is 11.7 Å². The van der Waals surface area contributed by atoms with Crippen LogP contribution in [-0.2, 0) is 16.1 Å². The van der Waals surface area contributed by atoms with Crippen molar-refractivity contribution in [3.8, 4) is 5.75 Å². The molecular formula is C24H27FN2O3. The second-order valence-corrected chi connectivity index (χ2v) is 8.13. The van der Waals surface area contributed by atoms with Crippen molar-refractivity contribution < 1.29 is 18.7 Å². The molecule has 2 amide bonds. The summed E-state index contributed by atoms with van der Waals surface area (Å²) in [5.74, 6) is 0.594. The van der Waals surface area contributed by atoms with Gasteiger partial charge >= 0.3 is 0 Å². The van der Waals surface area contributed by atoms with Gasteiger partial charge in [-0.25, -0.2) is 4.39 Å². The van der Waals surface area contributed by atoms with Gasteiger partial charge in [0.05, 0.1) is 12.2 Å². The molecule has 1 fully saturated rings. The molecule has 0 saturated heterocycles. The normalized spacial score (nSPS) is 16.7. The zero-order valence-corrected chi connectivity index (χ0v) is 17.0. The molecule has 2 aliphatic rings. The van der Waals surface area contributed by atoms with Crippen molar-refractivity contribution in [2.45, 2.75) is 51.5 Å². The average Bonchev–Trinajstić information content (AvgIpc) is 2.76. The first kappa shape index (κ1) is 20.4. The maximum Gasteiger partial charge on any atom is 0.265 e. The maximum atomic E-state index is 14.0. The molecule has 4 rings (SSSR count). The third kappa shape index (κ3) is 4.81. The molecule has 0 radical (unpaired) electrons. The zero-order valence-electron chi connectivity index (χ0n) is 17.0. The molecule has 6 heteroatoms. The van der Waals surface area contributed by atoms with Crippen molar-refractivity contribution in [1.29, 1.82) is 0 Å². The summed E-state index contributed by atoms with van der Waals surface area (Å²) in [5.41, 5.74) is 1.66. The van der Waals surface area contributed by atoms with Crippen LogP contribution in [0.4, 0.5) is 15.8 Å². The quantitative estimate of drug-likeness (QED) is 0.725. The molecule has 1 N–H and O–H groups in total. The van der Waals surface area contributed by atoms with Crippen LogP contribution in [0.1, 0.15) is 50.5 Å². The highest BCUT2D eigenvalue weighted by Gasteiger charge is 2.27. The zero-order chi connectivity index (χ0) is 20.9. The Hall–Kier alpha value is -2.89. The predicted octanol–water partition coefficient (Wildman–Crippen LogP) is 5.05. The fourth-order valence-corrected chi connectivity index (χ4v) is 4.29. The number of hydrogen-bond acceptors (Lipinski definition) is 3. The number of rotatable bonds is 6. The summed E-state index contributed by atoms with van der Waals surface area (Å²) in [7, 11) is 0. The van der Waals surface area contributed by atoms with Gasteiger partial charge in [-0.05, 0) is 30.5 Å². The molecule has 1 aliphatic carbocycles. The highest BCUT2D eigenvalue weighted by atomic mass is 19.1. The number of hydrogen-bond donors (Lipinski definition) is 1. The van der Waals surface area contributed by atoms with Gasteiger partial charge in [0.1, 0.15) is 11.6 Å². The minimum absolute atomic E-state index is 0.00405. The Kier molecular flexibility index (Phi) is 6.31. The lowest BCUT2D eigenvalue weighted by Gasteiger charge is -2.30. The average molecular weight is 410 g/mol. The number of anilines is 2. The largest absolute Gasteiger partial charge is 0.481 e. The Morgan fingerprint density at radius 2 is 1.93 bits per heavy atom. The molecular weight excluding hydrogens is 383 g/mol. The molecule has 2 aromatic rings. The molecule has 1 heterocycles. The van der Waals surface area contributed by atoms with Crippen LogP contribution in [0.2, 0.25) is 0 Å². The number of halogens is 1. The summed E-state index contributed by atoms with van der Waals surface area (Å²) in [6, 6.07) is 11.6. The molecule has 158 valence electrons. The van der Waals surface area contributed by atoms with Crippen molar-refractivity contribution in [2.24, 2.45) is 5.92 Å². The van der Waals surface area contributed by atoms with E-state index in [0.717, 1.165) is 6.42 Å². The first-order chi connectivity index (χ1) is 14.6. The summed E-state index contributed by atoms with van der Waals surface area (Å²) >= 11 is 0. The first-order valence-corrected chi connectivity index (χ1v) is 10.7. The van der Waals surface area contributed by atoms with Crippen molar-refractivity contribution in [3.63, 3.8) is 0 Å². The molecule has 2 aromatic carbocycles. The summed E-state index contributed by atoms with van der Waals surface area (Å²) in [6.07, 6.45) is 7.76. The Morgan fingerprint density at radius 1 is 1.13 bits per heavy atom. The predicted molar refractivity (Wildman–Crippen MR) is 114 cm³/mol. The van der Waals surface area contributed by atoms with Gasteiger partial charge in [0.15, 0.2) is 6.61 Å². The van der Waals surface area contributed by atoms with E-state index in [1.54, 1.807) is 36.4 Å². The molecule has 30 heavy (non-hydrogen) atoms. The van der Waals surface area contributed by atoms with E-state index in [2.05, 4.69) is 5.32 Å². The van der Waals surface area contributed by atoms with E-state index in [4.69, 9.17) is 4.74 Å². The standard InChI is InChI=1S/C24H27FN2O3/c25-20-9-5-4-8-18(20)15-27-21-12-11-19(14-22(21)30-16-24(27)29)26-23(28)13-10-17-6-2-1-3-7-17/h4-5,8-9,11-12,14,17H,1-3,6-7,10,13,15-16H2,(H,26,28). The van der Waals surface area contributed by atoms with Crippen LogP contribution < -0.4 is 15.0 Å². The van der Waals surface area contributed by atoms with Crippen LogP contribution in [0.5, 0.6) is 5.75 Å². The van der Waals surface area contributed by atoms with Crippen molar-refractivity contribution in [1.82, 2.24) is 0 Å². The van der Waals surface area contributed by atoms with Gasteiger partial charge in [-0.1, -0.05) is 50.3 Å². The molecule has 1 aliphatic heterocycles. The number of ether oxygens (including phenoxy) is 1. The van der Waals surface area contributed by atoms with Gasteiger partial charge in [-0.2, -0.15) is 0 Å². The fourth-order valence-electron chi connectivity index (χ4n) is 4.29. The molecule has 5 nitrogen and oxygen atoms in total. The van der Waals surface area contributed by atoms with Crippen LogP contribution in [0.3, 0.4) is 0 Å². The minimum Gasteiger partial charge on any atom is -0.481 e. The Morgan fingerprint density at radius 3 is 2.73 bits per heavy atom. The van der Waals surface area contributed by atoms with Gasteiger partial charge in [0, 0.05) is 23.7 Å². The van der Waals surface area contributed by atoms with E-state index in [1.807, 2.05) is 0 Å². The molecule has 0 unspecified atom stereocenters. The van der Waals surface area contributed by atoms with E-state index < -0.39 is 0 Å². The minimum atomic E-state index is -0.347. The maximum absolute atomic E-state index is 14.0. The summed E-state index contributed by atoms with van der Waals surface area (Å²) < 4.78 is 19.6. The molecule has 0 bridgehead atoms. The number of fused-ring (bicyclic) bond motifs is 1. The van der Waals surface area contributed by atoms with E-state index in [0.29, 0.717) is 35.0 Å². The van der Waals surface area contributed by atoms with Crippen LogP contribution in [0.25, 0.3) is 0 Å². The Bertz CT molecular complexity index is 924. The van der Waals surface area contributed by atoms with Crippen LogP contribution >= 0.6 is 0 Å².